The highest BCUT2D eigenvalue weighted by Crippen LogP contribution is 2.28. The van der Waals surface area contributed by atoms with Crippen molar-refractivity contribution in [2.24, 2.45) is 0 Å². The molecule has 0 fully saturated rings. The number of benzene rings is 1. The average molecular weight is 297 g/mol. The topological polar surface area (TPSA) is 84.3 Å². The molecule has 2 aromatic rings. The van der Waals surface area contributed by atoms with Crippen LogP contribution in [0.4, 0.5) is 0 Å². The fourth-order valence-electron chi connectivity index (χ4n) is 1.55. The van der Waals surface area contributed by atoms with Gasteiger partial charge < -0.3 is 5.11 Å². The van der Waals surface area contributed by atoms with E-state index >= 15 is 0 Å². The molecule has 0 aliphatic rings. The second-order valence-electron chi connectivity index (χ2n) is 3.73. The van der Waals surface area contributed by atoms with E-state index in [-0.39, 0.29) is 14.1 Å². The first-order valence-corrected chi connectivity index (χ1v) is 7.80. The van der Waals surface area contributed by atoms with Gasteiger partial charge in [0.05, 0.1) is 10.6 Å². The Hall–Kier alpha value is -1.73. The van der Waals surface area contributed by atoms with E-state index in [1.165, 1.54) is 12.1 Å². The van der Waals surface area contributed by atoms with E-state index in [1.807, 2.05) is 0 Å². The zero-order valence-electron chi connectivity index (χ0n) is 10.0. The fourth-order valence-corrected chi connectivity index (χ4v) is 4.20. The lowest BCUT2D eigenvalue weighted by atomic mass is 10.3. The zero-order valence-corrected chi connectivity index (χ0v) is 11.7. The molecule has 1 aromatic carbocycles. The molecule has 0 atom stereocenters. The highest BCUT2D eigenvalue weighted by atomic mass is 32.2. The van der Waals surface area contributed by atoms with E-state index in [9.17, 15) is 13.2 Å². The lowest BCUT2D eigenvalue weighted by Crippen LogP contribution is -2.01. The molecule has 0 aliphatic heterocycles. The molecular weight excluding hydrogens is 286 g/mol. The number of hydrogen-bond acceptors (Lipinski definition) is 5. The van der Waals surface area contributed by atoms with Crippen molar-refractivity contribution in [2.45, 2.75) is 22.6 Å². The van der Waals surface area contributed by atoms with Crippen LogP contribution in [0.15, 0.2) is 39.6 Å². The number of carboxylic acids is 1. The SMILES string of the molecule is CCc1nc(S(=O)(=O)c2ccccc2)sc1C(=O)O. The molecule has 1 heterocycles. The normalized spacial score (nSPS) is 11.4. The third kappa shape index (κ3) is 2.52. The van der Waals surface area contributed by atoms with Crippen LogP contribution in [0, 0.1) is 0 Å². The van der Waals surface area contributed by atoms with Crippen LogP contribution in [0.2, 0.25) is 0 Å². The lowest BCUT2D eigenvalue weighted by Gasteiger charge is -1.99. The van der Waals surface area contributed by atoms with Crippen LogP contribution in [-0.4, -0.2) is 24.5 Å². The van der Waals surface area contributed by atoms with Gasteiger partial charge in [-0.05, 0) is 18.6 Å². The molecule has 100 valence electrons. The molecular formula is C12H11NO4S2. The van der Waals surface area contributed by atoms with E-state index in [4.69, 9.17) is 5.11 Å². The summed E-state index contributed by atoms with van der Waals surface area (Å²) in [6, 6.07) is 7.85. The highest BCUT2D eigenvalue weighted by Gasteiger charge is 2.26. The number of carboxylic acid groups (broad SMARTS) is 1. The van der Waals surface area contributed by atoms with E-state index in [0.29, 0.717) is 23.5 Å². The smallest absolute Gasteiger partial charge is 0.347 e. The molecule has 0 saturated carbocycles. The van der Waals surface area contributed by atoms with Gasteiger partial charge in [0.15, 0.2) is 0 Å². The first-order chi connectivity index (χ1) is 8.96. The Kier molecular flexibility index (Phi) is 3.68. The minimum Gasteiger partial charge on any atom is -0.477 e. The number of aromatic nitrogens is 1. The predicted octanol–water partition coefficient (Wildman–Crippen LogP) is 2.24. The number of aryl methyl sites for hydroxylation is 1. The van der Waals surface area contributed by atoms with Crippen LogP contribution < -0.4 is 0 Å². The zero-order chi connectivity index (χ0) is 14.0. The average Bonchev–Trinajstić information content (AvgIpc) is 2.84. The van der Waals surface area contributed by atoms with Gasteiger partial charge in [-0.25, -0.2) is 18.2 Å². The molecule has 0 unspecified atom stereocenters. The Labute approximate surface area is 114 Å². The van der Waals surface area contributed by atoms with Gasteiger partial charge in [-0.15, -0.1) is 0 Å². The molecule has 2 rings (SSSR count). The van der Waals surface area contributed by atoms with Crippen molar-refractivity contribution in [1.29, 1.82) is 0 Å². The second-order valence-corrected chi connectivity index (χ2v) is 6.85. The van der Waals surface area contributed by atoms with Gasteiger partial charge in [-0.3, -0.25) is 0 Å². The van der Waals surface area contributed by atoms with Gasteiger partial charge in [0.2, 0.25) is 14.2 Å². The van der Waals surface area contributed by atoms with Gasteiger partial charge >= 0.3 is 5.97 Å². The maximum absolute atomic E-state index is 12.3. The highest BCUT2D eigenvalue weighted by molar-refractivity contribution is 7.93. The van der Waals surface area contributed by atoms with Crippen molar-refractivity contribution >= 4 is 27.1 Å². The number of hydrogen-bond donors (Lipinski definition) is 1. The van der Waals surface area contributed by atoms with Crippen LogP contribution >= 0.6 is 11.3 Å². The third-order valence-corrected chi connectivity index (χ3v) is 5.72. The van der Waals surface area contributed by atoms with E-state index in [1.54, 1.807) is 25.1 Å². The summed E-state index contributed by atoms with van der Waals surface area (Å²) in [7, 11) is -3.74. The number of thiazole rings is 1. The summed E-state index contributed by atoms with van der Waals surface area (Å²) in [5.41, 5.74) is 0.298. The summed E-state index contributed by atoms with van der Waals surface area (Å²) >= 11 is 0.695. The Morgan fingerprint density at radius 3 is 2.42 bits per heavy atom. The Morgan fingerprint density at radius 1 is 1.32 bits per heavy atom. The molecule has 0 aliphatic carbocycles. The summed E-state index contributed by atoms with van der Waals surface area (Å²) in [6.45, 7) is 1.74. The minimum absolute atomic E-state index is 0.0167. The van der Waals surface area contributed by atoms with Gasteiger partial charge in [0.25, 0.3) is 0 Å². The van der Waals surface area contributed by atoms with Crippen molar-refractivity contribution in [3.05, 3.63) is 40.9 Å². The second kappa shape index (κ2) is 5.10. The largest absolute Gasteiger partial charge is 0.477 e. The lowest BCUT2D eigenvalue weighted by molar-refractivity contribution is 0.0701. The predicted molar refractivity (Wildman–Crippen MR) is 70.3 cm³/mol. The summed E-state index contributed by atoms with van der Waals surface area (Å²) in [4.78, 5) is 15.1. The Morgan fingerprint density at radius 2 is 1.95 bits per heavy atom. The molecule has 5 nitrogen and oxygen atoms in total. The minimum atomic E-state index is -3.74. The van der Waals surface area contributed by atoms with Crippen LogP contribution in [-0.2, 0) is 16.3 Å². The molecule has 0 radical (unpaired) electrons. The molecule has 1 aromatic heterocycles. The number of nitrogens with zero attached hydrogens (tertiary/aromatic N) is 1. The van der Waals surface area contributed by atoms with Gasteiger partial charge in [0, 0.05) is 0 Å². The van der Waals surface area contributed by atoms with Crippen LogP contribution in [0.25, 0.3) is 0 Å². The Balaban J connectivity index is 2.57. The molecule has 1 N–H and O–H groups in total. The van der Waals surface area contributed by atoms with Crippen LogP contribution in [0.1, 0.15) is 22.3 Å². The molecule has 0 spiro atoms. The van der Waals surface area contributed by atoms with Crippen LogP contribution in [0.3, 0.4) is 0 Å². The van der Waals surface area contributed by atoms with Gasteiger partial charge in [0.1, 0.15) is 4.88 Å². The monoisotopic (exact) mass is 297 g/mol. The number of aromatic carboxylic acids is 1. The van der Waals surface area contributed by atoms with Gasteiger partial charge in [-0.2, -0.15) is 0 Å². The molecule has 19 heavy (non-hydrogen) atoms. The fraction of sp³-hybridized carbons (Fsp3) is 0.167. The first-order valence-electron chi connectivity index (χ1n) is 5.50. The molecule has 0 bridgehead atoms. The number of carbonyl (C=O) groups is 1. The molecule has 0 saturated heterocycles. The molecule has 7 heteroatoms. The first kappa shape index (κ1) is 13.7. The van der Waals surface area contributed by atoms with E-state index < -0.39 is 15.8 Å². The maximum atomic E-state index is 12.3. The van der Waals surface area contributed by atoms with Crippen LogP contribution in [0.5, 0.6) is 0 Å². The number of sulfone groups is 1. The van der Waals surface area contributed by atoms with Crippen molar-refractivity contribution < 1.29 is 18.3 Å². The van der Waals surface area contributed by atoms with E-state index in [0.717, 1.165) is 0 Å². The van der Waals surface area contributed by atoms with Crippen molar-refractivity contribution in [1.82, 2.24) is 4.98 Å². The summed E-state index contributed by atoms with van der Waals surface area (Å²) in [5.74, 6) is -1.15. The van der Waals surface area contributed by atoms with Crippen molar-refractivity contribution in [2.75, 3.05) is 0 Å². The van der Waals surface area contributed by atoms with Gasteiger partial charge in [-0.1, -0.05) is 36.5 Å². The third-order valence-electron chi connectivity index (χ3n) is 2.49. The molecule has 0 amide bonds. The van der Waals surface area contributed by atoms with E-state index in [2.05, 4.69) is 4.98 Å². The summed E-state index contributed by atoms with van der Waals surface area (Å²) in [5, 5.41) is 9.02. The summed E-state index contributed by atoms with van der Waals surface area (Å²) < 4.78 is 24.4. The standard InChI is InChI=1S/C12H11NO4S2/c1-2-9-10(11(14)15)18-12(13-9)19(16,17)8-6-4-3-5-7-8/h3-7H,2H2,1H3,(H,14,15). The quantitative estimate of drug-likeness (QED) is 0.935. The summed E-state index contributed by atoms with van der Waals surface area (Å²) in [6.07, 6.45) is 0.377. The Bertz CT molecular complexity index is 705. The van der Waals surface area contributed by atoms with Crippen molar-refractivity contribution in [3.8, 4) is 0 Å². The van der Waals surface area contributed by atoms with Crippen molar-refractivity contribution in [3.63, 3.8) is 0 Å². The maximum Gasteiger partial charge on any atom is 0.347 e. The number of rotatable bonds is 4.